The van der Waals surface area contributed by atoms with Crippen molar-refractivity contribution < 1.29 is 4.79 Å². The molecule has 0 aliphatic rings. The van der Waals surface area contributed by atoms with Gasteiger partial charge in [-0.15, -0.1) is 0 Å². The topological polar surface area (TPSA) is 46.1 Å². The number of amides is 1. The molecule has 0 radical (unpaired) electrons. The second kappa shape index (κ2) is 4.93. The van der Waals surface area contributed by atoms with Crippen molar-refractivity contribution in [3.8, 4) is 0 Å². The Morgan fingerprint density at radius 3 is 2.59 bits per heavy atom. The highest BCUT2D eigenvalue weighted by Gasteiger charge is 2.13. The summed E-state index contributed by atoms with van der Waals surface area (Å²) in [5.74, 6) is -0.138. The lowest BCUT2D eigenvalue weighted by Gasteiger charge is -2.16. The number of rotatable bonds is 2. The molecule has 0 N–H and O–H groups in total. The molecule has 4 nitrogen and oxygen atoms in total. The summed E-state index contributed by atoms with van der Waals surface area (Å²) >= 11 is 5.75. The number of carbonyl (C=O) groups excluding carboxylic acids is 1. The largest absolute Gasteiger partial charge is 0.311 e. The highest BCUT2D eigenvalue weighted by molar-refractivity contribution is 6.29. The average molecular weight is 248 g/mol. The van der Waals surface area contributed by atoms with Crippen LogP contribution in [0.3, 0.4) is 0 Å². The normalized spacial score (nSPS) is 10.0. The SMILES string of the molecule is CN(C(=O)c1ccnc(Cl)c1)c1ccncc1. The van der Waals surface area contributed by atoms with Crippen LogP contribution in [0.4, 0.5) is 5.69 Å². The Balaban J connectivity index is 2.27. The Hall–Kier alpha value is -1.94. The van der Waals surface area contributed by atoms with E-state index >= 15 is 0 Å². The van der Waals surface area contributed by atoms with Crippen molar-refractivity contribution in [1.82, 2.24) is 9.97 Å². The van der Waals surface area contributed by atoms with E-state index in [1.54, 1.807) is 43.7 Å². The van der Waals surface area contributed by atoms with Crippen LogP contribution in [0.5, 0.6) is 0 Å². The van der Waals surface area contributed by atoms with E-state index in [2.05, 4.69) is 9.97 Å². The molecule has 86 valence electrons. The second-order valence-electron chi connectivity index (χ2n) is 3.44. The molecule has 2 aromatic heterocycles. The summed E-state index contributed by atoms with van der Waals surface area (Å²) in [6.45, 7) is 0. The van der Waals surface area contributed by atoms with E-state index in [0.717, 1.165) is 5.69 Å². The van der Waals surface area contributed by atoms with Crippen molar-refractivity contribution in [1.29, 1.82) is 0 Å². The van der Waals surface area contributed by atoms with E-state index in [1.807, 2.05) is 0 Å². The van der Waals surface area contributed by atoms with Gasteiger partial charge in [0.05, 0.1) is 0 Å². The summed E-state index contributed by atoms with van der Waals surface area (Å²) < 4.78 is 0. The zero-order chi connectivity index (χ0) is 12.3. The molecular formula is C12H10ClN3O. The Labute approximate surface area is 104 Å². The van der Waals surface area contributed by atoms with E-state index in [1.165, 1.54) is 11.1 Å². The number of nitrogens with zero attached hydrogens (tertiary/aromatic N) is 3. The van der Waals surface area contributed by atoms with Gasteiger partial charge in [0.15, 0.2) is 0 Å². The van der Waals surface area contributed by atoms with Crippen LogP contribution in [-0.2, 0) is 0 Å². The van der Waals surface area contributed by atoms with Crippen LogP contribution in [0.2, 0.25) is 5.15 Å². The van der Waals surface area contributed by atoms with Gasteiger partial charge in [0.2, 0.25) is 0 Å². The minimum Gasteiger partial charge on any atom is -0.311 e. The second-order valence-corrected chi connectivity index (χ2v) is 3.82. The molecule has 5 heteroatoms. The summed E-state index contributed by atoms with van der Waals surface area (Å²) in [6, 6.07) is 6.70. The van der Waals surface area contributed by atoms with Gasteiger partial charge in [0.25, 0.3) is 5.91 Å². The number of pyridine rings is 2. The molecule has 1 amide bonds. The number of carbonyl (C=O) groups is 1. The van der Waals surface area contributed by atoms with Gasteiger partial charge in [-0.3, -0.25) is 9.78 Å². The van der Waals surface area contributed by atoms with Crippen LogP contribution in [0.1, 0.15) is 10.4 Å². The molecule has 2 aromatic rings. The Kier molecular flexibility index (Phi) is 3.35. The van der Waals surface area contributed by atoms with Crippen LogP contribution in [-0.4, -0.2) is 22.9 Å². The molecule has 0 fully saturated rings. The van der Waals surface area contributed by atoms with E-state index in [4.69, 9.17) is 11.6 Å². The molecule has 2 heterocycles. The van der Waals surface area contributed by atoms with E-state index in [9.17, 15) is 4.79 Å². The van der Waals surface area contributed by atoms with Gasteiger partial charge in [-0.2, -0.15) is 0 Å². The minimum absolute atomic E-state index is 0.138. The molecule has 0 aliphatic heterocycles. The molecule has 2 rings (SSSR count). The third kappa shape index (κ3) is 2.60. The minimum atomic E-state index is -0.138. The van der Waals surface area contributed by atoms with Crippen molar-refractivity contribution in [2.45, 2.75) is 0 Å². The first-order chi connectivity index (χ1) is 8.18. The Morgan fingerprint density at radius 2 is 1.94 bits per heavy atom. The number of anilines is 1. The number of hydrogen-bond acceptors (Lipinski definition) is 3. The summed E-state index contributed by atoms with van der Waals surface area (Å²) in [4.78, 5) is 21.4. The van der Waals surface area contributed by atoms with Crippen LogP contribution in [0.25, 0.3) is 0 Å². The molecule has 0 aliphatic carbocycles. The lowest BCUT2D eigenvalue weighted by molar-refractivity contribution is 0.0993. The molecule has 0 saturated carbocycles. The van der Waals surface area contributed by atoms with Gasteiger partial charge < -0.3 is 4.90 Å². The highest BCUT2D eigenvalue weighted by atomic mass is 35.5. The standard InChI is InChI=1S/C12H10ClN3O/c1-16(10-3-5-14-6-4-10)12(17)9-2-7-15-11(13)8-9/h2-8H,1H3. The molecule has 17 heavy (non-hydrogen) atoms. The first-order valence-corrected chi connectivity index (χ1v) is 5.36. The fraction of sp³-hybridized carbons (Fsp3) is 0.0833. The molecule has 0 saturated heterocycles. The molecule has 0 atom stereocenters. The molecule has 0 bridgehead atoms. The zero-order valence-corrected chi connectivity index (χ0v) is 9.93. The Bertz CT molecular complexity index is 530. The van der Waals surface area contributed by atoms with Gasteiger partial charge in [0.1, 0.15) is 5.15 Å². The van der Waals surface area contributed by atoms with Crippen molar-refractivity contribution in [2.24, 2.45) is 0 Å². The van der Waals surface area contributed by atoms with E-state index in [0.29, 0.717) is 10.7 Å². The first kappa shape index (κ1) is 11.5. The monoisotopic (exact) mass is 247 g/mol. The highest BCUT2D eigenvalue weighted by Crippen LogP contribution is 2.15. The van der Waals surface area contributed by atoms with Crippen LogP contribution in [0.15, 0.2) is 42.9 Å². The summed E-state index contributed by atoms with van der Waals surface area (Å²) in [5, 5.41) is 0.305. The average Bonchev–Trinajstić information content (AvgIpc) is 2.38. The van der Waals surface area contributed by atoms with Gasteiger partial charge >= 0.3 is 0 Å². The van der Waals surface area contributed by atoms with Crippen LogP contribution >= 0.6 is 11.6 Å². The number of aromatic nitrogens is 2. The quantitative estimate of drug-likeness (QED) is 0.766. The predicted octanol–water partition coefficient (Wildman–Crippen LogP) is 2.41. The molecule has 0 spiro atoms. The van der Waals surface area contributed by atoms with Crippen molar-refractivity contribution in [2.75, 3.05) is 11.9 Å². The van der Waals surface area contributed by atoms with Gasteiger partial charge in [-0.05, 0) is 24.3 Å². The van der Waals surface area contributed by atoms with Crippen molar-refractivity contribution in [3.05, 3.63) is 53.6 Å². The number of halogens is 1. The zero-order valence-electron chi connectivity index (χ0n) is 9.17. The maximum Gasteiger partial charge on any atom is 0.258 e. The van der Waals surface area contributed by atoms with Crippen LogP contribution in [0, 0.1) is 0 Å². The smallest absolute Gasteiger partial charge is 0.258 e. The van der Waals surface area contributed by atoms with Gasteiger partial charge in [0, 0.05) is 36.9 Å². The van der Waals surface area contributed by atoms with Crippen LogP contribution < -0.4 is 4.90 Å². The maximum atomic E-state index is 12.1. The lowest BCUT2D eigenvalue weighted by Crippen LogP contribution is -2.26. The Morgan fingerprint density at radius 1 is 1.24 bits per heavy atom. The molecular weight excluding hydrogens is 238 g/mol. The van der Waals surface area contributed by atoms with Crippen molar-refractivity contribution in [3.63, 3.8) is 0 Å². The third-order valence-corrected chi connectivity index (χ3v) is 2.53. The van der Waals surface area contributed by atoms with Crippen molar-refractivity contribution >= 4 is 23.2 Å². The molecule has 0 unspecified atom stereocenters. The van der Waals surface area contributed by atoms with E-state index in [-0.39, 0.29) is 5.91 Å². The van der Waals surface area contributed by atoms with E-state index < -0.39 is 0 Å². The maximum absolute atomic E-state index is 12.1. The fourth-order valence-corrected chi connectivity index (χ4v) is 1.59. The predicted molar refractivity (Wildman–Crippen MR) is 66.2 cm³/mol. The van der Waals surface area contributed by atoms with Gasteiger partial charge in [-0.25, -0.2) is 4.98 Å². The summed E-state index contributed by atoms with van der Waals surface area (Å²) in [7, 11) is 1.70. The summed E-state index contributed by atoms with van der Waals surface area (Å²) in [6.07, 6.45) is 4.78. The summed E-state index contributed by atoms with van der Waals surface area (Å²) in [5.41, 5.74) is 1.28. The first-order valence-electron chi connectivity index (χ1n) is 4.98. The molecule has 0 aromatic carbocycles. The third-order valence-electron chi connectivity index (χ3n) is 2.33. The van der Waals surface area contributed by atoms with Gasteiger partial charge in [-0.1, -0.05) is 11.6 Å². The lowest BCUT2D eigenvalue weighted by atomic mass is 10.2. The fourth-order valence-electron chi connectivity index (χ4n) is 1.41. The number of hydrogen-bond donors (Lipinski definition) is 0.